The number of nitrogens with zero attached hydrogens (tertiary/aromatic N) is 1. The number of esters is 1. The average molecular weight is 613 g/mol. The zero-order valence-electron chi connectivity index (χ0n) is 26.8. The van der Waals surface area contributed by atoms with Crippen LogP contribution in [0.3, 0.4) is 0 Å². The van der Waals surface area contributed by atoms with Crippen molar-refractivity contribution >= 4 is 34.5 Å². The van der Waals surface area contributed by atoms with Gasteiger partial charge in [-0.1, -0.05) is 45.9 Å². The van der Waals surface area contributed by atoms with E-state index in [1.165, 1.54) is 0 Å². The Kier molecular flexibility index (Phi) is 9.83. The summed E-state index contributed by atoms with van der Waals surface area (Å²) < 4.78 is 33.5. The van der Waals surface area contributed by atoms with Gasteiger partial charge in [-0.15, -0.1) is 0 Å². The van der Waals surface area contributed by atoms with Crippen molar-refractivity contribution in [3.05, 3.63) is 42.1 Å². The van der Waals surface area contributed by atoms with E-state index in [9.17, 15) is 19.2 Å². The molecule has 0 spiro atoms. The summed E-state index contributed by atoms with van der Waals surface area (Å²) >= 11 is 0. The molecule has 1 N–H and O–H groups in total. The highest BCUT2D eigenvalue weighted by molar-refractivity contribution is 6.07. The maximum absolute atomic E-state index is 16.0. The Morgan fingerprint density at radius 3 is 2.43 bits per heavy atom. The van der Waals surface area contributed by atoms with Crippen molar-refractivity contribution in [2.24, 2.45) is 17.8 Å². The van der Waals surface area contributed by atoms with Gasteiger partial charge in [-0.05, 0) is 70.6 Å². The van der Waals surface area contributed by atoms with Gasteiger partial charge >= 0.3 is 12.1 Å². The number of halogens is 1. The van der Waals surface area contributed by atoms with Crippen LogP contribution in [0.25, 0.3) is 10.9 Å². The third-order valence-electron chi connectivity index (χ3n) is 9.37. The van der Waals surface area contributed by atoms with Crippen molar-refractivity contribution in [3.8, 4) is 0 Å². The van der Waals surface area contributed by atoms with Gasteiger partial charge in [0.15, 0.2) is 11.4 Å². The Balaban J connectivity index is 1.58. The van der Waals surface area contributed by atoms with E-state index >= 15 is 4.39 Å². The highest BCUT2D eigenvalue weighted by Crippen LogP contribution is 2.39. The van der Waals surface area contributed by atoms with Gasteiger partial charge in [0, 0.05) is 35.9 Å². The molecule has 2 aliphatic rings. The molecule has 1 amide bonds. The van der Waals surface area contributed by atoms with Gasteiger partial charge < -0.3 is 19.5 Å². The number of rotatable bonds is 6. The minimum Gasteiger partial charge on any atom is -0.455 e. The van der Waals surface area contributed by atoms with Crippen LogP contribution >= 0.6 is 0 Å². The van der Waals surface area contributed by atoms with E-state index in [2.05, 4.69) is 16.4 Å². The first-order valence-electron chi connectivity index (χ1n) is 15.6. The molecule has 240 valence electrons. The number of pyridine rings is 1. The van der Waals surface area contributed by atoms with Crippen LogP contribution in [0.2, 0.25) is 0 Å². The van der Waals surface area contributed by atoms with Gasteiger partial charge in [-0.3, -0.25) is 14.6 Å². The number of cyclic esters (lactones) is 1. The van der Waals surface area contributed by atoms with E-state index in [0.717, 1.165) is 23.4 Å². The van der Waals surface area contributed by atoms with E-state index < -0.39 is 64.6 Å². The molecule has 0 unspecified atom stereocenters. The largest absolute Gasteiger partial charge is 0.455 e. The standard InChI is InChI=1S/C34H45FN2O7/c1-8-26-34(7)28(37-31(41)44-34)22(4)27(38)20(2)17-32(5,18-21(3)29(39)33(6,35)30(40)43-26)42-15-11-12-23-16-24-13-9-10-14-25(24)36-19-23/h9-10,13-14,16,19-22,26,28H,8,11-12,15,17-18H2,1-7H3,(H,37,41)/t20-,21-,22+,26-,28-,32-,33+,34-/m1/s1. The van der Waals surface area contributed by atoms with E-state index in [4.69, 9.17) is 14.2 Å². The fraction of sp³-hybridized carbons (Fsp3) is 0.618. The highest BCUT2D eigenvalue weighted by Gasteiger charge is 2.57. The van der Waals surface area contributed by atoms with Crippen LogP contribution < -0.4 is 5.32 Å². The van der Waals surface area contributed by atoms with Gasteiger partial charge in [0.05, 0.1) is 17.2 Å². The molecule has 10 heteroatoms. The topological polar surface area (TPSA) is 121 Å². The third-order valence-corrected chi connectivity index (χ3v) is 9.37. The first-order valence-corrected chi connectivity index (χ1v) is 15.6. The van der Waals surface area contributed by atoms with Crippen LogP contribution in [0.1, 0.15) is 79.7 Å². The quantitative estimate of drug-likeness (QED) is 0.251. The number of alkyl carbamates (subject to hydrolysis) is 1. The molecule has 3 heterocycles. The Hall–Kier alpha value is -3.40. The summed E-state index contributed by atoms with van der Waals surface area (Å²) in [6, 6.07) is 9.14. The first kappa shape index (κ1) is 33.5. The molecule has 0 bridgehead atoms. The Morgan fingerprint density at radius 1 is 1.05 bits per heavy atom. The van der Waals surface area contributed by atoms with E-state index in [-0.39, 0.29) is 25.0 Å². The number of hydrogen-bond acceptors (Lipinski definition) is 8. The summed E-state index contributed by atoms with van der Waals surface area (Å²) in [5.74, 6) is -4.55. The van der Waals surface area contributed by atoms with Gasteiger partial charge in [-0.25, -0.2) is 14.0 Å². The average Bonchev–Trinajstić information content (AvgIpc) is 3.30. The van der Waals surface area contributed by atoms with Crippen molar-refractivity contribution in [1.82, 2.24) is 10.3 Å². The zero-order valence-corrected chi connectivity index (χ0v) is 26.8. The number of carbonyl (C=O) groups is 4. The molecule has 2 fully saturated rings. The minimum atomic E-state index is -2.93. The summed E-state index contributed by atoms with van der Waals surface area (Å²) in [7, 11) is 0. The zero-order chi connectivity index (χ0) is 32.4. The predicted octanol–water partition coefficient (Wildman–Crippen LogP) is 5.70. The number of fused-ring (bicyclic) bond motifs is 2. The smallest absolute Gasteiger partial charge is 0.408 e. The fourth-order valence-electron chi connectivity index (χ4n) is 7.01. The number of aryl methyl sites for hydroxylation is 1. The molecular formula is C34H45FN2O7. The van der Waals surface area contributed by atoms with Crippen LogP contribution in [0, 0.1) is 17.8 Å². The lowest BCUT2D eigenvalue weighted by atomic mass is 9.74. The van der Waals surface area contributed by atoms with Crippen LogP contribution in [-0.2, 0) is 35.0 Å². The summed E-state index contributed by atoms with van der Waals surface area (Å²) in [4.78, 5) is 57.3. The summed E-state index contributed by atoms with van der Waals surface area (Å²) in [6.07, 6.45) is 1.90. The number of hydrogen-bond donors (Lipinski definition) is 1. The molecule has 9 nitrogen and oxygen atoms in total. The van der Waals surface area contributed by atoms with Crippen LogP contribution in [0.5, 0.6) is 0 Å². The van der Waals surface area contributed by atoms with Crippen molar-refractivity contribution in [2.45, 2.75) is 110 Å². The highest BCUT2D eigenvalue weighted by atomic mass is 19.1. The molecular weight excluding hydrogens is 567 g/mol. The number of aromatic nitrogens is 1. The third kappa shape index (κ3) is 6.80. The Bertz CT molecular complexity index is 1410. The lowest BCUT2D eigenvalue weighted by molar-refractivity contribution is -0.180. The summed E-state index contributed by atoms with van der Waals surface area (Å²) in [5.41, 5.74) is -3.40. The molecule has 8 atom stereocenters. The molecule has 2 aromatic rings. The molecule has 4 rings (SSSR count). The molecule has 0 saturated carbocycles. The van der Waals surface area contributed by atoms with Crippen molar-refractivity contribution in [1.29, 1.82) is 0 Å². The van der Waals surface area contributed by atoms with Gasteiger partial charge in [0.25, 0.3) is 5.67 Å². The second-order valence-corrected chi connectivity index (χ2v) is 13.2. The number of benzene rings is 1. The summed E-state index contributed by atoms with van der Waals surface area (Å²) in [5, 5.41) is 3.76. The maximum atomic E-state index is 16.0. The number of ketones is 2. The Labute approximate surface area is 258 Å². The van der Waals surface area contributed by atoms with Gasteiger partial charge in [0.1, 0.15) is 11.9 Å². The van der Waals surface area contributed by atoms with Gasteiger partial charge in [0.2, 0.25) is 0 Å². The van der Waals surface area contributed by atoms with Crippen molar-refractivity contribution in [2.75, 3.05) is 6.61 Å². The van der Waals surface area contributed by atoms with Crippen molar-refractivity contribution < 1.29 is 37.8 Å². The molecule has 2 aliphatic heterocycles. The number of carbonyl (C=O) groups excluding carboxylic acids is 4. The first-order chi connectivity index (χ1) is 20.6. The molecule has 1 aromatic carbocycles. The molecule has 1 aromatic heterocycles. The molecule has 0 aliphatic carbocycles. The van der Waals surface area contributed by atoms with Crippen LogP contribution in [0.4, 0.5) is 9.18 Å². The predicted molar refractivity (Wildman–Crippen MR) is 163 cm³/mol. The maximum Gasteiger partial charge on any atom is 0.408 e. The lowest BCUT2D eigenvalue weighted by Crippen LogP contribution is -2.58. The van der Waals surface area contributed by atoms with E-state index in [1.807, 2.05) is 37.4 Å². The minimum absolute atomic E-state index is 0.0976. The normalized spacial score (nSPS) is 35.4. The van der Waals surface area contributed by atoms with Crippen LogP contribution in [0.15, 0.2) is 36.5 Å². The molecule has 0 radical (unpaired) electrons. The van der Waals surface area contributed by atoms with Crippen molar-refractivity contribution in [3.63, 3.8) is 0 Å². The number of amides is 1. The fourth-order valence-corrected chi connectivity index (χ4v) is 7.01. The van der Waals surface area contributed by atoms with Crippen LogP contribution in [-0.4, -0.2) is 64.2 Å². The lowest BCUT2D eigenvalue weighted by Gasteiger charge is -2.40. The number of nitrogens with one attached hydrogen (secondary N) is 1. The molecule has 44 heavy (non-hydrogen) atoms. The number of para-hydroxylation sites is 1. The number of ether oxygens (including phenoxy) is 3. The SMILES string of the molecule is CC[C@H]1OC(=O)[C@@](C)(F)C(=O)[C@H](C)C[C@](C)(OCCCc2cnc3ccccc3c2)C[C@@H](C)C(=O)[C@H](C)[C@H]2NC(=O)O[C@@]21C. The number of alkyl halides is 1. The summed E-state index contributed by atoms with van der Waals surface area (Å²) in [6.45, 7) is 11.4. The monoisotopic (exact) mass is 612 g/mol. The van der Waals surface area contributed by atoms with E-state index in [1.54, 1.807) is 34.6 Å². The van der Waals surface area contributed by atoms with E-state index in [0.29, 0.717) is 19.4 Å². The molecule has 2 saturated heterocycles. The second-order valence-electron chi connectivity index (χ2n) is 13.2. The van der Waals surface area contributed by atoms with Gasteiger partial charge in [-0.2, -0.15) is 0 Å². The Morgan fingerprint density at radius 2 is 1.73 bits per heavy atom. The second kappa shape index (κ2) is 12.9. The number of Topliss-reactive ketones (excluding diaryl/α,β-unsaturated/α-hetero) is 2.